The van der Waals surface area contributed by atoms with Gasteiger partial charge < -0.3 is 10.2 Å². The van der Waals surface area contributed by atoms with E-state index in [0.29, 0.717) is 0 Å². The van der Waals surface area contributed by atoms with E-state index in [1.807, 2.05) is 0 Å². The number of oxazole rings is 1. The standard InChI is InChI=1S/C15H12F4N4O2/c16-10-4-2-1-3-9(10)8-23(14-22-5-6-25-14)13(24)11(20)7-12(21)15(17,18)19/h1-7,21H,8,20H2/b11-7-,21-12?. The van der Waals surface area contributed by atoms with Crippen LogP contribution in [0.5, 0.6) is 0 Å². The van der Waals surface area contributed by atoms with Crippen LogP contribution >= 0.6 is 0 Å². The molecule has 0 fully saturated rings. The van der Waals surface area contributed by atoms with Crippen molar-refractivity contribution in [1.29, 1.82) is 5.41 Å². The van der Waals surface area contributed by atoms with E-state index in [-0.39, 0.29) is 24.2 Å². The fourth-order valence-electron chi connectivity index (χ4n) is 1.83. The molecule has 2 aromatic rings. The summed E-state index contributed by atoms with van der Waals surface area (Å²) in [5.41, 5.74) is 2.80. The van der Waals surface area contributed by atoms with E-state index in [1.54, 1.807) is 0 Å². The Hall–Kier alpha value is -3.17. The van der Waals surface area contributed by atoms with E-state index in [4.69, 9.17) is 15.6 Å². The van der Waals surface area contributed by atoms with Crippen molar-refractivity contribution in [3.8, 4) is 0 Å². The van der Waals surface area contributed by atoms with Gasteiger partial charge in [0, 0.05) is 5.56 Å². The van der Waals surface area contributed by atoms with Crippen LogP contribution in [0.4, 0.5) is 23.6 Å². The Morgan fingerprint density at radius 3 is 2.60 bits per heavy atom. The van der Waals surface area contributed by atoms with Gasteiger partial charge in [-0.25, -0.2) is 9.37 Å². The summed E-state index contributed by atoms with van der Waals surface area (Å²) in [5.74, 6) is -1.74. The summed E-state index contributed by atoms with van der Waals surface area (Å²) in [5, 5.41) is 6.88. The first-order valence-corrected chi connectivity index (χ1v) is 6.78. The number of rotatable bonds is 5. The van der Waals surface area contributed by atoms with Gasteiger partial charge in [0.25, 0.3) is 5.91 Å². The van der Waals surface area contributed by atoms with Crippen LogP contribution in [0.15, 0.2) is 52.9 Å². The summed E-state index contributed by atoms with van der Waals surface area (Å²) in [4.78, 5) is 16.9. The molecule has 1 aromatic carbocycles. The number of carbonyl (C=O) groups excluding carboxylic acids is 1. The van der Waals surface area contributed by atoms with Crippen LogP contribution in [0.3, 0.4) is 0 Å². The van der Waals surface area contributed by atoms with Crippen LogP contribution < -0.4 is 10.6 Å². The lowest BCUT2D eigenvalue weighted by molar-refractivity contribution is -0.115. The fourth-order valence-corrected chi connectivity index (χ4v) is 1.83. The lowest BCUT2D eigenvalue weighted by Crippen LogP contribution is -2.35. The third kappa shape index (κ3) is 4.43. The Labute approximate surface area is 139 Å². The number of hydrogen-bond acceptors (Lipinski definition) is 5. The lowest BCUT2D eigenvalue weighted by atomic mass is 10.2. The Morgan fingerprint density at radius 1 is 1.36 bits per heavy atom. The number of halogens is 4. The number of nitrogens with one attached hydrogen (secondary N) is 1. The van der Waals surface area contributed by atoms with Gasteiger partial charge in [0.15, 0.2) is 0 Å². The van der Waals surface area contributed by atoms with Gasteiger partial charge in [-0.1, -0.05) is 18.2 Å². The van der Waals surface area contributed by atoms with E-state index < -0.39 is 29.3 Å². The smallest absolute Gasteiger partial charge is 0.432 e. The van der Waals surface area contributed by atoms with Gasteiger partial charge in [-0.15, -0.1) is 0 Å². The molecule has 2 rings (SSSR count). The van der Waals surface area contributed by atoms with Crippen molar-refractivity contribution < 1.29 is 26.8 Å². The van der Waals surface area contributed by atoms with Gasteiger partial charge in [0.2, 0.25) is 0 Å². The SMILES string of the molecule is N=C(/C=C(\N)C(=O)N(Cc1ccccc1F)c1ncco1)C(F)(F)F. The molecule has 0 bridgehead atoms. The molecule has 0 saturated carbocycles. The zero-order valence-corrected chi connectivity index (χ0v) is 12.5. The molecule has 0 atom stereocenters. The molecule has 0 aliphatic rings. The quantitative estimate of drug-likeness (QED) is 0.489. The Kier molecular flexibility index (Phi) is 5.20. The number of aromatic nitrogens is 1. The second-order valence-corrected chi connectivity index (χ2v) is 4.81. The first-order chi connectivity index (χ1) is 11.7. The van der Waals surface area contributed by atoms with Crippen molar-refractivity contribution in [3.05, 3.63) is 59.9 Å². The minimum absolute atomic E-state index is 0.0766. The van der Waals surface area contributed by atoms with Crippen LogP contribution in [0, 0.1) is 11.2 Å². The monoisotopic (exact) mass is 356 g/mol. The molecule has 0 unspecified atom stereocenters. The fraction of sp³-hybridized carbons (Fsp3) is 0.133. The average Bonchev–Trinajstić information content (AvgIpc) is 3.06. The van der Waals surface area contributed by atoms with E-state index >= 15 is 0 Å². The summed E-state index contributed by atoms with van der Waals surface area (Å²) in [6, 6.07) is 5.23. The molecule has 0 radical (unpaired) electrons. The number of nitrogens with two attached hydrogens (primary N) is 1. The van der Waals surface area contributed by atoms with Crippen molar-refractivity contribution in [2.75, 3.05) is 4.90 Å². The highest BCUT2D eigenvalue weighted by atomic mass is 19.4. The Morgan fingerprint density at radius 2 is 2.04 bits per heavy atom. The van der Waals surface area contributed by atoms with Crippen LogP contribution in [-0.4, -0.2) is 22.8 Å². The average molecular weight is 356 g/mol. The van der Waals surface area contributed by atoms with E-state index in [9.17, 15) is 22.4 Å². The van der Waals surface area contributed by atoms with E-state index in [2.05, 4.69) is 4.98 Å². The molecule has 0 aliphatic heterocycles. The zero-order valence-electron chi connectivity index (χ0n) is 12.5. The predicted octanol–water partition coefficient (Wildman–Crippen LogP) is 2.77. The van der Waals surface area contributed by atoms with Gasteiger partial charge in [0.05, 0.1) is 12.7 Å². The second kappa shape index (κ2) is 7.16. The molecule has 1 heterocycles. The summed E-state index contributed by atoms with van der Waals surface area (Å²) in [7, 11) is 0. The van der Waals surface area contributed by atoms with Crippen molar-refractivity contribution >= 4 is 17.6 Å². The first-order valence-electron chi connectivity index (χ1n) is 6.78. The normalized spacial score (nSPS) is 12.1. The highest BCUT2D eigenvalue weighted by Crippen LogP contribution is 2.20. The number of nitrogens with zero attached hydrogens (tertiary/aromatic N) is 2. The maximum Gasteiger partial charge on any atom is 0.432 e. The summed E-state index contributed by atoms with van der Waals surface area (Å²) in [6.45, 7) is -0.375. The van der Waals surface area contributed by atoms with Crippen molar-refractivity contribution in [2.24, 2.45) is 5.73 Å². The zero-order chi connectivity index (χ0) is 18.6. The van der Waals surface area contributed by atoms with Gasteiger partial charge in [0.1, 0.15) is 23.5 Å². The van der Waals surface area contributed by atoms with Gasteiger partial charge in [-0.2, -0.15) is 13.2 Å². The highest BCUT2D eigenvalue weighted by molar-refractivity contribution is 6.09. The summed E-state index contributed by atoms with van der Waals surface area (Å²) < 4.78 is 56.0. The molecule has 25 heavy (non-hydrogen) atoms. The molecule has 3 N–H and O–H groups in total. The molecule has 132 valence electrons. The second-order valence-electron chi connectivity index (χ2n) is 4.81. The molecule has 1 amide bonds. The Bertz CT molecular complexity index is 800. The van der Waals surface area contributed by atoms with Crippen LogP contribution in [0.2, 0.25) is 0 Å². The van der Waals surface area contributed by atoms with Crippen LogP contribution in [-0.2, 0) is 11.3 Å². The molecule has 1 aromatic heterocycles. The third-order valence-corrected chi connectivity index (χ3v) is 3.03. The van der Waals surface area contributed by atoms with E-state index in [1.165, 1.54) is 24.4 Å². The number of anilines is 1. The van der Waals surface area contributed by atoms with Crippen LogP contribution in [0.1, 0.15) is 5.56 Å². The molecular formula is C15H12F4N4O2. The molecule has 0 spiro atoms. The predicted molar refractivity (Wildman–Crippen MR) is 80.1 cm³/mol. The molecule has 0 saturated heterocycles. The number of allylic oxidation sites excluding steroid dienone is 1. The van der Waals surface area contributed by atoms with Gasteiger partial charge >= 0.3 is 12.2 Å². The molecule has 0 aliphatic carbocycles. The summed E-state index contributed by atoms with van der Waals surface area (Å²) in [6.07, 6.45) is -2.44. The Balaban J connectivity index is 2.33. The number of amides is 1. The van der Waals surface area contributed by atoms with Gasteiger partial charge in [-0.05, 0) is 12.1 Å². The van der Waals surface area contributed by atoms with Crippen molar-refractivity contribution in [1.82, 2.24) is 4.98 Å². The minimum Gasteiger partial charge on any atom is -0.432 e. The third-order valence-electron chi connectivity index (χ3n) is 3.03. The molecule has 10 heteroatoms. The topological polar surface area (TPSA) is 96.2 Å². The lowest BCUT2D eigenvalue weighted by Gasteiger charge is -2.19. The number of hydrogen-bond donors (Lipinski definition) is 2. The largest absolute Gasteiger partial charge is 0.432 e. The van der Waals surface area contributed by atoms with Crippen molar-refractivity contribution in [2.45, 2.75) is 12.7 Å². The maximum atomic E-state index is 13.8. The van der Waals surface area contributed by atoms with Gasteiger partial charge in [-0.3, -0.25) is 15.1 Å². The number of alkyl halides is 3. The molecule has 6 nitrogen and oxygen atoms in total. The first kappa shape index (κ1) is 18.2. The maximum absolute atomic E-state index is 13.8. The number of benzene rings is 1. The minimum atomic E-state index is -4.95. The van der Waals surface area contributed by atoms with Crippen LogP contribution in [0.25, 0.3) is 0 Å². The highest BCUT2D eigenvalue weighted by Gasteiger charge is 2.34. The van der Waals surface area contributed by atoms with Crippen molar-refractivity contribution in [3.63, 3.8) is 0 Å². The summed E-state index contributed by atoms with van der Waals surface area (Å²) >= 11 is 0. The number of carbonyl (C=O) groups is 1. The van der Waals surface area contributed by atoms with E-state index in [0.717, 1.165) is 17.2 Å². The molecular weight excluding hydrogens is 344 g/mol.